The zero-order valence-corrected chi connectivity index (χ0v) is 19.7. The first kappa shape index (κ1) is 21.8. The number of rotatable bonds is 7. The third kappa shape index (κ3) is 5.20. The first-order valence-corrected chi connectivity index (χ1v) is 12.5. The number of ether oxygens (including phenoxy) is 1. The topological polar surface area (TPSA) is 75.2 Å². The molecule has 2 aromatic heterocycles. The number of para-hydroxylation sites is 1. The van der Waals surface area contributed by atoms with Gasteiger partial charge in [-0.2, -0.15) is 4.98 Å². The molecule has 1 aliphatic heterocycles. The minimum absolute atomic E-state index is 0.330. The highest BCUT2D eigenvalue weighted by Crippen LogP contribution is 2.32. The van der Waals surface area contributed by atoms with Gasteiger partial charge in [0.1, 0.15) is 17.7 Å². The van der Waals surface area contributed by atoms with Crippen LogP contribution >= 0.6 is 0 Å². The molecule has 6 rings (SSSR count). The second-order valence-electron chi connectivity index (χ2n) is 9.42. The van der Waals surface area contributed by atoms with Gasteiger partial charge in [0, 0.05) is 36.2 Å². The lowest BCUT2D eigenvalue weighted by molar-refractivity contribution is 0.00893. The summed E-state index contributed by atoms with van der Waals surface area (Å²) < 4.78 is 6.19. The van der Waals surface area contributed by atoms with Crippen molar-refractivity contribution >= 4 is 34.0 Å². The van der Waals surface area contributed by atoms with Crippen LogP contribution in [0.4, 0.5) is 23.1 Å². The van der Waals surface area contributed by atoms with Crippen LogP contribution in [0.1, 0.15) is 32.1 Å². The molecule has 0 spiro atoms. The Kier molecular flexibility index (Phi) is 6.15. The molecule has 2 aliphatic rings. The third-order valence-corrected chi connectivity index (χ3v) is 6.91. The number of benzene rings is 2. The molecule has 1 aliphatic carbocycles. The van der Waals surface area contributed by atoms with Crippen molar-refractivity contribution in [3.8, 4) is 5.75 Å². The van der Waals surface area contributed by atoms with Crippen LogP contribution in [0.5, 0.6) is 5.75 Å². The Hall–Kier alpha value is -3.71. The van der Waals surface area contributed by atoms with Gasteiger partial charge in [0.25, 0.3) is 0 Å². The molecule has 1 saturated heterocycles. The molecule has 3 heterocycles. The van der Waals surface area contributed by atoms with E-state index >= 15 is 0 Å². The van der Waals surface area contributed by atoms with Crippen LogP contribution in [-0.2, 0) is 0 Å². The summed E-state index contributed by atoms with van der Waals surface area (Å²) >= 11 is 0. The fourth-order valence-corrected chi connectivity index (χ4v) is 4.93. The van der Waals surface area contributed by atoms with Crippen molar-refractivity contribution in [2.75, 3.05) is 23.7 Å². The Morgan fingerprint density at radius 2 is 1.66 bits per heavy atom. The van der Waals surface area contributed by atoms with Gasteiger partial charge in [0.15, 0.2) is 0 Å². The Morgan fingerprint density at radius 1 is 0.829 bits per heavy atom. The van der Waals surface area contributed by atoms with Crippen LogP contribution in [-0.4, -0.2) is 45.1 Å². The maximum absolute atomic E-state index is 6.19. The predicted octanol–water partition coefficient (Wildman–Crippen LogP) is 5.91. The number of fused-ring (bicyclic) bond motifs is 1. The number of pyridine rings is 1. The zero-order valence-electron chi connectivity index (χ0n) is 19.7. The van der Waals surface area contributed by atoms with E-state index in [0.29, 0.717) is 23.9 Å². The molecule has 0 unspecified atom stereocenters. The van der Waals surface area contributed by atoms with Crippen LogP contribution < -0.4 is 15.4 Å². The Labute approximate surface area is 205 Å². The molecule has 7 nitrogen and oxygen atoms in total. The predicted molar refractivity (Wildman–Crippen MR) is 140 cm³/mol. The summed E-state index contributed by atoms with van der Waals surface area (Å²) in [6.07, 6.45) is 10.2. The van der Waals surface area contributed by atoms with Gasteiger partial charge in [-0.25, -0.2) is 4.98 Å². The lowest BCUT2D eigenvalue weighted by Gasteiger charge is -2.44. The van der Waals surface area contributed by atoms with Crippen LogP contribution in [0.15, 0.2) is 73.1 Å². The zero-order chi connectivity index (χ0) is 23.5. The average Bonchev–Trinajstić information content (AvgIpc) is 2.88. The highest BCUT2D eigenvalue weighted by atomic mass is 16.5. The largest absolute Gasteiger partial charge is 0.490 e. The minimum Gasteiger partial charge on any atom is -0.490 e. The van der Waals surface area contributed by atoms with Crippen LogP contribution in [0.25, 0.3) is 10.9 Å². The summed E-state index contributed by atoms with van der Waals surface area (Å²) in [6, 6.07) is 20.7. The third-order valence-electron chi connectivity index (χ3n) is 6.91. The molecular formula is C28H30N6O. The van der Waals surface area contributed by atoms with Gasteiger partial charge in [0.2, 0.25) is 5.95 Å². The fourth-order valence-electron chi connectivity index (χ4n) is 4.93. The molecule has 35 heavy (non-hydrogen) atoms. The summed E-state index contributed by atoms with van der Waals surface area (Å²) in [5.41, 5.74) is 2.77. The lowest BCUT2D eigenvalue weighted by atomic mass is 9.86. The molecule has 0 bridgehead atoms. The van der Waals surface area contributed by atoms with Gasteiger partial charge in [-0.15, -0.1) is 0 Å². The number of likely N-dealkylation sites (tertiary alicyclic amines) is 1. The van der Waals surface area contributed by atoms with Gasteiger partial charge in [0.05, 0.1) is 17.4 Å². The van der Waals surface area contributed by atoms with Crippen molar-refractivity contribution in [2.45, 2.75) is 44.2 Å². The number of aromatic nitrogens is 3. The summed E-state index contributed by atoms with van der Waals surface area (Å²) in [4.78, 5) is 16.1. The van der Waals surface area contributed by atoms with Gasteiger partial charge >= 0.3 is 0 Å². The number of nitrogens with zero attached hydrogens (tertiary/aromatic N) is 4. The summed E-state index contributed by atoms with van der Waals surface area (Å²) in [6.45, 7) is 2.52. The molecule has 1 saturated carbocycles. The number of hydrogen-bond acceptors (Lipinski definition) is 7. The quantitative estimate of drug-likeness (QED) is 0.351. The number of anilines is 4. The fraction of sp³-hybridized carbons (Fsp3) is 0.321. The van der Waals surface area contributed by atoms with Crippen molar-refractivity contribution in [3.63, 3.8) is 0 Å². The van der Waals surface area contributed by atoms with E-state index in [4.69, 9.17) is 4.74 Å². The summed E-state index contributed by atoms with van der Waals surface area (Å²) in [5, 5.41) is 7.67. The van der Waals surface area contributed by atoms with Gasteiger partial charge in [-0.05, 0) is 68.4 Å². The van der Waals surface area contributed by atoms with E-state index in [1.807, 2.05) is 60.8 Å². The first-order valence-electron chi connectivity index (χ1n) is 12.5. The molecule has 178 valence electrons. The minimum atomic E-state index is 0.330. The van der Waals surface area contributed by atoms with E-state index in [2.05, 4.69) is 36.6 Å². The van der Waals surface area contributed by atoms with Gasteiger partial charge in [-0.1, -0.05) is 24.6 Å². The molecular weight excluding hydrogens is 436 g/mol. The van der Waals surface area contributed by atoms with E-state index in [0.717, 1.165) is 40.9 Å². The Balaban J connectivity index is 1.04. The summed E-state index contributed by atoms with van der Waals surface area (Å²) in [7, 11) is 0. The Bertz CT molecular complexity index is 1280. The first-order chi connectivity index (χ1) is 17.3. The smallest absolute Gasteiger partial charge is 0.229 e. The van der Waals surface area contributed by atoms with Crippen molar-refractivity contribution < 1.29 is 4.74 Å². The lowest BCUT2D eigenvalue weighted by Crippen LogP contribution is -2.50. The second-order valence-corrected chi connectivity index (χ2v) is 9.42. The van der Waals surface area contributed by atoms with E-state index in [-0.39, 0.29) is 0 Å². The molecule has 0 amide bonds. The van der Waals surface area contributed by atoms with Crippen molar-refractivity contribution in [2.24, 2.45) is 0 Å². The maximum Gasteiger partial charge on any atom is 0.229 e. The summed E-state index contributed by atoms with van der Waals surface area (Å²) in [5.74, 6) is 2.14. The van der Waals surface area contributed by atoms with Gasteiger partial charge in [-0.3, -0.25) is 4.98 Å². The molecule has 7 heteroatoms. The van der Waals surface area contributed by atoms with Crippen molar-refractivity contribution in [1.82, 2.24) is 19.9 Å². The second kappa shape index (κ2) is 9.88. The normalized spacial score (nSPS) is 20.2. The molecule has 2 fully saturated rings. The molecule has 4 aromatic rings. The molecule has 0 radical (unpaired) electrons. The standard InChI is InChI=1S/C28H30N6O/c1-4-14-34(15-5-1)23-17-25(18-23)35-24-10-8-21(9-11-24)32-28-29-13-12-27(33-28)31-22-16-20-6-2-3-7-26(20)30-19-22/h2-3,6-13,16,19,23,25H,1,4-5,14-15,17-18H2,(H2,29,31,32,33). The van der Waals surface area contributed by atoms with E-state index in [9.17, 15) is 0 Å². The van der Waals surface area contributed by atoms with Crippen molar-refractivity contribution in [1.29, 1.82) is 0 Å². The van der Waals surface area contributed by atoms with Gasteiger partial charge < -0.3 is 20.3 Å². The molecule has 0 atom stereocenters. The Morgan fingerprint density at radius 3 is 2.51 bits per heavy atom. The van der Waals surface area contributed by atoms with Crippen molar-refractivity contribution in [3.05, 3.63) is 73.1 Å². The number of nitrogens with one attached hydrogen (secondary N) is 2. The average molecular weight is 467 g/mol. The SMILES string of the molecule is c1ccc2ncc(Nc3ccnc(Nc4ccc(OC5CC(N6CCCCC6)C5)cc4)n3)cc2c1. The molecule has 2 aromatic carbocycles. The number of piperidine rings is 1. The van der Waals surface area contributed by atoms with Crippen LogP contribution in [0.3, 0.4) is 0 Å². The molecule has 2 N–H and O–H groups in total. The highest BCUT2D eigenvalue weighted by molar-refractivity contribution is 5.82. The van der Waals surface area contributed by atoms with E-state index < -0.39 is 0 Å². The van der Waals surface area contributed by atoms with Crippen LogP contribution in [0, 0.1) is 0 Å². The van der Waals surface area contributed by atoms with E-state index in [1.54, 1.807) is 6.20 Å². The number of hydrogen-bond donors (Lipinski definition) is 2. The van der Waals surface area contributed by atoms with E-state index in [1.165, 1.54) is 32.4 Å². The van der Waals surface area contributed by atoms with Crippen LogP contribution in [0.2, 0.25) is 0 Å². The maximum atomic E-state index is 6.19. The monoisotopic (exact) mass is 466 g/mol. The highest BCUT2D eigenvalue weighted by Gasteiger charge is 2.35.